The van der Waals surface area contributed by atoms with Crippen LogP contribution in [0.2, 0.25) is 0 Å². The maximum atomic E-state index is 13.5. The number of rotatable bonds is 12. The van der Waals surface area contributed by atoms with E-state index < -0.39 is 0 Å². The van der Waals surface area contributed by atoms with Gasteiger partial charge in [0.25, 0.3) is 0 Å². The lowest BCUT2D eigenvalue weighted by molar-refractivity contribution is -0.135. The predicted octanol–water partition coefficient (Wildman–Crippen LogP) is 4.09. The summed E-state index contributed by atoms with van der Waals surface area (Å²) < 4.78 is 12.5. The normalized spacial score (nSPS) is 22.8. The molecule has 0 saturated carbocycles. The third kappa shape index (κ3) is 9.46. The van der Waals surface area contributed by atoms with Gasteiger partial charge >= 0.3 is 0 Å². The Balaban J connectivity index is 0.807. The number of aromatic hydroxyl groups is 1. The number of imide groups is 1. The Hall–Kier alpha value is -6.09. The van der Waals surface area contributed by atoms with Crippen LogP contribution in [0, 0.1) is 16.7 Å². The fourth-order valence-electron chi connectivity index (χ4n) is 9.58. The Morgan fingerprint density at radius 2 is 1.61 bits per heavy atom. The van der Waals surface area contributed by atoms with Gasteiger partial charge in [-0.25, -0.2) is 0 Å². The zero-order valence-electron chi connectivity index (χ0n) is 34.8. The summed E-state index contributed by atoms with van der Waals surface area (Å²) in [7, 11) is 1.90. The minimum absolute atomic E-state index is 0.00578. The van der Waals surface area contributed by atoms with Crippen LogP contribution in [0.1, 0.15) is 50.5 Å². The molecule has 1 unspecified atom stereocenters. The number of piperidine rings is 3. The number of nitrogens with zero attached hydrogens (tertiary/aromatic N) is 5. The van der Waals surface area contributed by atoms with Gasteiger partial charge in [0, 0.05) is 101 Å². The van der Waals surface area contributed by atoms with Crippen molar-refractivity contribution in [2.24, 2.45) is 11.7 Å². The van der Waals surface area contributed by atoms with Gasteiger partial charge in [0.15, 0.2) is 0 Å². The second-order valence-electron chi connectivity index (χ2n) is 17.0. The van der Waals surface area contributed by atoms with Gasteiger partial charge in [-0.2, -0.15) is 0 Å². The van der Waals surface area contributed by atoms with Gasteiger partial charge in [0.05, 0.1) is 36.7 Å². The van der Waals surface area contributed by atoms with E-state index in [1.165, 1.54) is 0 Å². The number of carbonyl (C=O) groups excluding carboxylic acids is 3. The van der Waals surface area contributed by atoms with Crippen LogP contribution >= 0.6 is 0 Å². The van der Waals surface area contributed by atoms with Crippen LogP contribution in [-0.4, -0.2) is 128 Å². The van der Waals surface area contributed by atoms with Crippen molar-refractivity contribution in [3.8, 4) is 11.5 Å². The molecule has 61 heavy (non-hydrogen) atoms. The molecule has 0 radical (unpaired) electrons. The Bertz CT molecular complexity index is 2150. The molecule has 3 amide bonds. The zero-order valence-corrected chi connectivity index (χ0v) is 34.8. The molecule has 5 aliphatic heterocycles. The van der Waals surface area contributed by atoms with Crippen LogP contribution in [0.15, 0.2) is 84.6 Å². The van der Waals surface area contributed by atoms with E-state index >= 15 is 0 Å². The number of benzene rings is 3. The predicted molar refractivity (Wildman–Crippen MR) is 235 cm³/mol. The molecule has 0 aliphatic carbocycles. The Kier molecular flexibility index (Phi) is 12.5. The minimum Gasteiger partial charge on any atom is -0.507 e. The van der Waals surface area contributed by atoms with Crippen molar-refractivity contribution < 1.29 is 29.0 Å². The monoisotopic (exact) mass is 831 g/mol. The van der Waals surface area contributed by atoms with Crippen LogP contribution < -0.4 is 30.5 Å². The third-order valence-corrected chi connectivity index (χ3v) is 12.9. The van der Waals surface area contributed by atoms with Gasteiger partial charge in [-0.15, -0.1) is 0 Å². The average Bonchev–Trinajstić information content (AvgIpc) is 3.25. The number of anilines is 3. The number of hydrogen-bond acceptors (Lipinski definition) is 12. The number of allylic oxidation sites excluding steroid dienone is 1. The summed E-state index contributed by atoms with van der Waals surface area (Å²) in [6.45, 7) is 5.19. The van der Waals surface area contributed by atoms with Crippen molar-refractivity contribution in [1.82, 2.24) is 15.1 Å². The van der Waals surface area contributed by atoms with Crippen LogP contribution in [0.4, 0.5) is 17.1 Å². The highest BCUT2D eigenvalue weighted by Gasteiger charge is 2.40. The van der Waals surface area contributed by atoms with Crippen molar-refractivity contribution in [3.63, 3.8) is 0 Å². The number of nitrogens with one attached hydrogen (secondary N) is 3. The van der Waals surface area contributed by atoms with Gasteiger partial charge in [-0.3, -0.25) is 25.1 Å². The summed E-state index contributed by atoms with van der Waals surface area (Å²) in [6, 6.07) is 22.7. The molecule has 15 nitrogen and oxygen atoms in total. The lowest BCUT2D eigenvalue weighted by Gasteiger charge is -2.52. The molecular formula is C46H57N9O6. The van der Waals surface area contributed by atoms with Gasteiger partial charge in [-0.05, 0) is 73.7 Å². The number of morpholine rings is 1. The van der Waals surface area contributed by atoms with Crippen LogP contribution in [-0.2, 0) is 19.1 Å². The fraction of sp³-hybridized carbons (Fsp3) is 0.457. The lowest BCUT2D eigenvalue weighted by Crippen LogP contribution is -2.65. The van der Waals surface area contributed by atoms with Crippen molar-refractivity contribution in [2.75, 3.05) is 74.2 Å². The van der Waals surface area contributed by atoms with Gasteiger partial charge in [0.1, 0.15) is 29.5 Å². The van der Waals surface area contributed by atoms with Crippen LogP contribution in [0.25, 0.3) is 0 Å². The highest BCUT2D eigenvalue weighted by molar-refractivity contribution is 6.12. The molecule has 322 valence electrons. The highest BCUT2D eigenvalue weighted by Crippen LogP contribution is 2.34. The van der Waals surface area contributed by atoms with Gasteiger partial charge in [-0.1, -0.05) is 24.3 Å². The first-order valence-electron chi connectivity index (χ1n) is 21.5. The molecule has 3 aromatic rings. The molecule has 3 atom stereocenters. The van der Waals surface area contributed by atoms with E-state index in [1.807, 2.05) is 41.1 Å². The SMILES string of the molecule is CN(c1cccc(N2CCC(CC(=O)N3CCC(Oc4cccc(N5[C@H]6COC[C@H]5CN(/C(=C/C(=N)c5ccccc5O)C(=N)N)C6)c4)CC3)CC2)c1)C1CCC(=O)NC1=O. The number of carbonyl (C=O) groups is 3. The fourth-order valence-corrected chi connectivity index (χ4v) is 9.58. The largest absolute Gasteiger partial charge is 0.507 e. The van der Waals surface area contributed by atoms with Crippen LogP contribution in [0.5, 0.6) is 11.5 Å². The van der Waals surface area contributed by atoms with Crippen molar-refractivity contribution >= 4 is 46.3 Å². The molecule has 5 fully saturated rings. The van der Waals surface area contributed by atoms with Crippen LogP contribution in [0.3, 0.4) is 0 Å². The van der Waals surface area contributed by atoms with E-state index in [1.54, 1.807) is 30.3 Å². The quantitative estimate of drug-likeness (QED) is 0.100. The van der Waals surface area contributed by atoms with E-state index in [2.05, 4.69) is 44.3 Å². The maximum Gasteiger partial charge on any atom is 0.249 e. The number of ether oxygens (including phenoxy) is 2. The number of amides is 3. The summed E-state index contributed by atoms with van der Waals surface area (Å²) in [6.07, 6.45) is 6.40. The first kappa shape index (κ1) is 41.6. The van der Waals surface area contributed by atoms with E-state index in [4.69, 9.17) is 26.0 Å². The number of fused-ring (bicyclic) bond motifs is 2. The van der Waals surface area contributed by atoms with Gasteiger partial charge in [0.2, 0.25) is 17.7 Å². The molecule has 5 saturated heterocycles. The zero-order chi connectivity index (χ0) is 42.6. The number of phenols is 1. The Labute approximate surface area is 357 Å². The molecule has 5 aliphatic rings. The first-order chi connectivity index (χ1) is 29.5. The number of piperazine rings is 1. The number of phenolic OH excluding ortho intramolecular Hbond substituents is 1. The average molecular weight is 832 g/mol. The Morgan fingerprint density at radius 3 is 2.31 bits per heavy atom. The lowest BCUT2D eigenvalue weighted by atomic mass is 9.92. The molecule has 8 rings (SSSR count). The third-order valence-electron chi connectivity index (χ3n) is 12.9. The van der Waals surface area contributed by atoms with E-state index in [0.717, 1.165) is 61.6 Å². The molecule has 0 aromatic heterocycles. The second kappa shape index (κ2) is 18.3. The van der Waals surface area contributed by atoms with Gasteiger partial charge < -0.3 is 50.2 Å². The van der Waals surface area contributed by atoms with E-state index in [9.17, 15) is 19.5 Å². The molecule has 6 N–H and O–H groups in total. The highest BCUT2D eigenvalue weighted by atomic mass is 16.5. The molecule has 2 bridgehead atoms. The topological polar surface area (TPSA) is 192 Å². The number of likely N-dealkylation sites (tertiary alicyclic amines) is 1. The van der Waals surface area contributed by atoms with E-state index in [0.29, 0.717) is 75.8 Å². The first-order valence-corrected chi connectivity index (χ1v) is 21.5. The summed E-state index contributed by atoms with van der Waals surface area (Å²) in [5.41, 5.74) is 10.1. The van der Waals surface area contributed by atoms with Crippen molar-refractivity contribution in [3.05, 3.63) is 90.1 Å². The van der Waals surface area contributed by atoms with E-state index in [-0.39, 0.29) is 59.2 Å². The Morgan fingerprint density at radius 1 is 0.902 bits per heavy atom. The summed E-state index contributed by atoms with van der Waals surface area (Å²) >= 11 is 0. The maximum absolute atomic E-state index is 13.5. The molecule has 0 spiro atoms. The molecule has 5 heterocycles. The molecular weight excluding hydrogens is 775 g/mol. The van der Waals surface area contributed by atoms with Crippen molar-refractivity contribution in [2.45, 2.75) is 69.2 Å². The van der Waals surface area contributed by atoms with Crippen molar-refractivity contribution in [1.29, 1.82) is 10.8 Å². The number of para-hydroxylation sites is 1. The second-order valence-corrected chi connectivity index (χ2v) is 17.0. The number of amidine groups is 1. The standard InChI is InChI=1S/C46H57N9O6/c1-51(40-12-13-43(57)50-46(40)59)31-6-4-7-32(23-31)52-18-14-30(15-19-52)22-44(58)53-20-16-36(17-21-53)61-37-9-5-8-33(24-37)55-34-26-54(27-35(55)29-60-28-34)41(45(48)49)25-39(47)38-10-2-3-11-42(38)56/h2-11,23-25,30,34-36,40,47,56H,12-22,26-29H2,1H3,(H3,48,49)(H,50,57,59)/b41-25+,47-39?/t34-,35-,40?/m1/s1. The molecule has 3 aromatic carbocycles. The smallest absolute Gasteiger partial charge is 0.249 e. The molecule has 15 heteroatoms. The summed E-state index contributed by atoms with van der Waals surface area (Å²) in [5, 5.41) is 29.7. The number of nitrogens with two attached hydrogens (primary N) is 1. The summed E-state index contributed by atoms with van der Waals surface area (Å²) in [5.74, 6) is 0.764. The number of hydrogen-bond donors (Lipinski definition) is 5. The number of likely N-dealkylation sites (N-methyl/N-ethyl adjacent to an activating group) is 1. The minimum atomic E-state index is -0.372. The summed E-state index contributed by atoms with van der Waals surface area (Å²) in [4.78, 5) is 48.4.